The fourth-order valence-corrected chi connectivity index (χ4v) is 3.04. The minimum Gasteiger partial charge on any atom is -0.353 e. The molecule has 1 aliphatic carbocycles. The molecule has 10 heteroatoms. The summed E-state index contributed by atoms with van der Waals surface area (Å²) in [5.41, 5.74) is 0.491. The van der Waals surface area contributed by atoms with Crippen LogP contribution >= 0.6 is 0 Å². The third-order valence-corrected chi connectivity index (χ3v) is 4.72. The van der Waals surface area contributed by atoms with E-state index in [4.69, 9.17) is 0 Å². The standard InChI is InChI=1S/C18H18N6O4/c25-14(9-23-10-21-13(8-15(23)26)11-3-4-11)19-6-7-24-17(27)12-2-1-5-20-16(12)22-18(24)28/h1-2,5,8,10-12H,3-4,6-7,9H2,(H,19,25). The molecule has 1 aromatic heterocycles. The third kappa shape index (κ3) is 3.66. The lowest BCUT2D eigenvalue weighted by Gasteiger charge is -2.27. The molecule has 2 aliphatic heterocycles. The van der Waals surface area contributed by atoms with Crippen molar-refractivity contribution in [3.8, 4) is 0 Å². The zero-order valence-corrected chi connectivity index (χ0v) is 14.9. The highest BCUT2D eigenvalue weighted by molar-refractivity contribution is 6.19. The highest BCUT2D eigenvalue weighted by atomic mass is 16.2. The Morgan fingerprint density at radius 3 is 2.82 bits per heavy atom. The van der Waals surface area contributed by atoms with Crippen molar-refractivity contribution in [2.45, 2.75) is 25.3 Å². The number of amidine groups is 1. The number of imide groups is 1. The minimum atomic E-state index is -0.700. The molecule has 0 aromatic carbocycles. The van der Waals surface area contributed by atoms with Gasteiger partial charge in [0, 0.05) is 31.3 Å². The van der Waals surface area contributed by atoms with Crippen molar-refractivity contribution in [1.29, 1.82) is 0 Å². The molecule has 0 radical (unpaired) electrons. The number of nitrogens with zero attached hydrogens (tertiary/aromatic N) is 5. The SMILES string of the molecule is O=C(Cn1cnc(C2CC2)cc1=O)NCCN1C(=O)N=C2N=CC=CC2C1=O. The van der Waals surface area contributed by atoms with Gasteiger partial charge in [-0.2, -0.15) is 4.99 Å². The number of allylic oxidation sites excluding steroid dienone is 1. The second kappa shape index (κ2) is 7.29. The summed E-state index contributed by atoms with van der Waals surface area (Å²) in [6.45, 7) is -0.133. The summed E-state index contributed by atoms with van der Waals surface area (Å²) >= 11 is 0. The Hall–Kier alpha value is -3.43. The van der Waals surface area contributed by atoms with Gasteiger partial charge in [0.25, 0.3) is 5.56 Å². The van der Waals surface area contributed by atoms with E-state index in [1.54, 1.807) is 12.2 Å². The second-order valence-electron chi connectivity index (χ2n) is 6.79. The van der Waals surface area contributed by atoms with Crippen molar-refractivity contribution in [1.82, 2.24) is 19.8 Å². The Labute approximate surface area is 159 Å². The molecule has 1 N–H and O–H groups in total. The van der Waals surface area contributed by atoms with Gasteiger partial charge in [-0.25, -0.2) is 14.8 Å². The van der Waals surface area contributed by atoms with Gasteiger partial charge in [0.2, 0.25) is 11.8 Å². The summed E-state index contributed by atoms with van der Waals surface area (Å²) in [6, 6.07) is 0.764. The maximum atomic E-state index is 12.4. The summed E-state index contributed by atoms with van der Waals surface area (Å²) < 4.78 is 1.22. The number of rotatable bonds is 6. The van der Waals surface area contributed by atoms with Crippen molar-refractivity contribution < 1.29 is 14.4 Å². The molecule has 28 heavy (non-hydrogen) atoms. The Morgan fingerprint density at radius 1 is 1.25 bits per heavy atom. The molecule has 1 fully saturated rings. The minimum absolute atomic E-state index is 0.0119. The summed E-state index contributed by atoms with van der Waals surface area (Å²) in [6.07, 6.45) is 8.17. The largest absolute Gasteiger partial charge is 0.353 e. The molecule has 3 aliphatic rings. The Kier molecular flexibility index (Phi) is 4.68. The molecule has 0 bridgehead atoms. The Bertz CT molecular complexity index is 988. The van der Waals surface area contributed by atoms with Crippen LogP contribution in [0.25, 0.3) is 0 Å². The number of aromatic nitrogens is 2. The van der Waals surface area contributed by atoms with Gasteiger partial charge in [-0.1, -0.05) is 6.08 Å². The van der Waals surface area contributed by atoms with Crippen LogP contribution < -0.4 is 10.9 Å². The van der Waals surface area contributed by atoms with Crippen LogP contribution in [-0.4, -0.2) is 57.4 Å². The molecule has 1 saturated carbocycles. The Balaban J connectivity index is 1.31. The first-order valence-corrected chi connectivity index (χ1v) is 9.01. The van der Waals surface area contributed by atoms with Crippen molar-refractivity contribution in [3.05, 3.63) is 40.6 Å². The maximum Gasteiger partial charge on any atom is 0.352 e. The van der Waals surface area contributed by atoms with Crippen molar-refractivity contribution in [3.63, 3.8) is 0 Å². The van der Waals surface area contributed by atoms with Crippen LogP contribution in [0.15, 0.2) is 39.3 Å². The topological polar surface area (TPSA) is 126 Å². The van der Waals surface area contributed by atoms with Crippen LogP contribution in [0.4, 0.5) is 4.79 Å². The number of nitrogens with one attached hydrogen (secondary N) is 1. The molecule has 0 spiro atoms. The first kappa shape index (κ1) is 18.0. The van der Waals surface area contributed by atoms with Crippen molar-refractivity contribution in [2.75, 3.05) is 13.1 Å². The van der Waals surface area contributed by atoms with Gasteiger partial charge in [-0.3, -0.25) is 23.9 Å². The average Bonchev–Trinajstić information content (AvgIpc) is 3.51. The second-order valence-corrected chi connectivity index (χ2v) is 6.79. The van der Waals surface area contributed by atoms with E-state index < -0.39 is 23.8 Å². The normalized spacial score (nSPS) is 20.8. The van der Waals surface area contributed by atoms with Gasteiger partial charge in [-0.05, 0) is 18.9 Å². The number of carbonyl (C=O) groups excluding carboxylic acids is 3. The van der Waals surface area contributed by atoms with E-state index in [1.165, 1.54) is 23.2 Å². The van der Waals surface area contributed by atoms with E-state index in [-0.39, 0.29) is 31.0 Å². The highest BCUT2D eigenvalue weighted by Crippen LogP contribution is 2.38. The third-order valence-electron chi connectivity index (χ3n) is 4.72. The maximum absolute atomic E-state index is 12.4. The molecule has 1 unspecified atom stereocenters. The van der Waals surface area contributed by atoms with E-state index >= 15 is 0 Å². The molecule has 10 nitrogen and oxygen atoms in total. The van der Waals surface area contributed by atoms with Gasteiger partial charge in [0.1, 0.15) is 18.3 Å². The first-order chi connectivity index (χ1) is 13.5. The quantitative estimate of drug-likeness (QED) is 0.732. The summed E-state index contributed by atoms with van der Waals surface area (Å²) in [5.74, 6) is -0.962. The molecule has 1 atom stereocenters. The van der Waals surface area contributed by atoms with Crippen LogP contribution in [-0.2, 0) is 16.1 Å². The molecule has 4 rings (SSSR count). The number of hydrogen-bond donors (Lipinski definition) is 1. The number of amides is 4. The summed E-state index contributed by atoms with van der Waals surface area (Å²) in [5, 5.41) is 2.60. The van der Waals surface area contributed by atoms with E-state index in [1.807, 2.05) is 0 Å². The smallest absolute Gasteiger partial charge is 0.352 e. The summed E-state index contributed by atoms with van der Waals surface area (Å²) in [4.78, 5) is 61.5. The lowest BCUT2D eigenvalue weighted by molar-refractivity contribution is -0.130. The predicted octanol–water partition coefficient (Wildman–Crippen LogP) is -0.146. The van der Waals surface area contributed by atoms with Gasteiger partial charge in [-0.15, -0.1) is 0 Å². The summed E-state index contributed by atoms with van der Waals surface area (Å²) in [7, 11) is 0. The monoisotopic (exact) mass is 382 g/mol. The highest BCUT2D eigenvalue weighted by Gasteiger charge is 2.36. The van der Waals surface area contributed by atoms with E-state index in [9.17, 15) is 19.2 Å². The van der Waals surface area contributed by atoms with Crippen molar-refractivity contribution >= 4 is 29.9 Å². The van der Waals surface area contributed by atoms with Crippen LogP contribution in [0.2, 0.25) is 0 Å². The number of fused-ring (bicyclic) bond motifs is 1. The number of hydrogen-bond acceptors (Lipinski definition) is 6. The molecular formula is C18H18N6O4. The fourth-order valence-electron chi connectivity index (χ4n) is 3.04. The van der Waals surface area contributed by atoms with Gasteiger partial charge in [0.15, 0.2) is 0 Å². The van der Waals surface area contributed by atoms with Crippen LogP contribution in [0.1, 0.15) is 24.5 Å². The van der Waals surface area contributed by atoms with E-state index in [2.05, 4.69) is 20.3 Å². The Morgan fingerprint density at radius 2 is 2.07 bits per heavy atom. The van der Waals surface area contributed by atoms with Gasteiger partial charge >= 0.3 is 6.03 Å². The van der Waals surface area contributed by atoms with E-state index in [0.29, 0.717) is 5.92 Å². The molecule has 1 aromatic rings. The average molecular weight is 382 g/mol. The zero-order valence-electron chi connectivity index (χ0n) is 14.9. The number of carbonyl (C=O) groups is 3. The molecule has 0 saturated heterocycles. The predicted molar refractivity (Wildman–Crippen MR) is 99.1 cm³/mol. The molecule has 4 amide bonds. The number of urea groups is 1. The number of dihydropyridines is 1. The molecule has 3 heterocycles. The molecule has 144 valence electrons. The fraction of sp³-hybridized carbons (Fsp3) is 0.389. The van der Waals surface area contributed by atoms with Crippen molar-refractivity contribution in [2.24, 2.45) is 15.9 Å². The van der Waals surface area contributed by atoms with Crippen LogP contribution in [0.3, 0.4) is 0 Å². The van der Waals surface area contributed by atoms with E-state index in [0.717, 1.165) is 23.4 Å². The zero-order chi connectivity index (χ0) is 19.7. The lowest BCUT2D eigenvalue weighted by atomic mass is 10.0. The van der Waals surface area contributed by atoms with Gasteiger partial charge in [0.05, 0.1) is 12.0 Å². The lowest BCUT2D eigenvalue weighted by Crippen LogP contribution is -2.49. The molecular weight excluding hydrogens is 364 g/mol. The van der Waals surface area contributed by atoms with Crippen LogP contribution in [0, 0.1) is 5.92 Å². The van der Waals surface area contributed by atoms with Crippen LogP contribution in [0.5, 0.6) is 0 Å². The first-order valence-electron chi connectivity index (χ1n) is 9.01. The number of aliphatic imine (C=N–C) groups is 2. The van der Waals surface area contributed by atoms with Gasteiger partial charge < -0.3 is 5.32 Å².